The predicted molar refractivity (Wildman–Crippen MR) is 73.4 cm³/mol. The normalized spacial score (nSPS) is 20.9. The highest BCUT2D eigenvalue weighted by Gasteiger charge is 2.37. The molecular weight excluding hydrogens is 224 g/mol. The largest absolute Gasteiger partial charge is 0.351 e. The molecule has 1 saturated heterocycles. The smallest absolute Gasteiger partial charge is 0.162 e. The zero-order valence-electron chi connectivity index (χ0n) is 11.9. The van der Waals surface area contributed by atoms with E-state index in [4.69, 9.17) is 9.47 Å². The van der Waals surface area contributed by atoms with Crippen LogP contribution in [0.25, 0.3) is 0 Å². The van der Waals surface area contributed by atoms with Crippen LogP contribution in [-0.4, -0.2) is 19.5 Å². The van der Waals surface area contributed by atoms with Crippen LogP contribution in [0.5, 0.6) is 0 Å². The van der Waals surface area contributed by atoms with E-state index in [1.165, 1.54) is 5.56 Å². The number of ether oxygens (including phenoxy) is 2. The SMILES string of the molecule is CC1(C)COC(C(C)(C)Cc2ccccc2)OC1. The third-order valence-electron chi connectivity index (χ3n) is 3.39. The zero-order valence-corrected chi connectivity index (χ0v) is 11.9. The molecule has 0 N–H and O–H groups in total. The fourth-order valence-electron chi connectivity index (χ4n) is 2.35. The van der Waals surface area contributed by atoms with Crippen molar-refractivity contribution in [2.75, 3.05) is 13.2 Å². The third kappa shape index (κ3) is 3.33. The minimum absolute atomic E-state index is 0.00213. The molecule has 1 heterocycles. The van der Waals surface area contributed by atoms with E-state index in [9.17, 15) is 0 Å². The van der Waals surface area contributed by atoms with Gasteiger partial charge < -0.3 is 9.47 Å². The molecule has 0 bridgehead atoms. The minimum Gasteiger partial charge on any atom is -0.351 e. The van der Waals surface area contributed by atoms with Crippen molar-refractivity contribution in [3.05, 3.63) is 35.9 Å². The van der Waals surface area contributed by atoms with Crippen LogP contribution < -0.4 is 0 Å². The van der Waals surface area contributed by atoms with Gasteiger partial charge in [-0.05, 0) is 12.0 Å². The molecule has 1 aliphatic heterocycles. The van der Waals surface area contributed by atoms with E-state index in [0.717, 1.165) is 19.6 Å². The number of rotatable bonds is 3. The lowest BCUT2D eigenvalue weighted by Gasteiger charge is -2.42. The molecule has 18 heavy (non-hydrogen) atoms. The molecule has 0 aliphatic carbocycles. The van der Waals surface area contributed by atoms with E-state index >= 15 is 0 Å². The summed E-state index contributed by atoms with van der Waals surface area (Å²) in [5.41, 5.74) is 1.47. The molecule has 1 fully saturated rings. The molecule has 100 valence electrons. The van der Waals surface area contributed by atoms with Crippen LogP contribution >= 0.6 is 0 Å². The maximum Gasteiger partial charge on any atom is 0.162 e. The standard InChI is InChI=1S/C16H24O2/c1-15(2)11-17-14(18-12-15)16(3,4)10-13-8-6-5-7-9-13/h5-9,14H,10-12H2,1-4H3. The highest BCUT2D eigenvalue weighted by molar-refractivity contribution is 5.16. The van der Waals surface area contributed by atoms with E-state index in [-0.39, 0.29) is 17.1 Å². The number of hydrogen-bond acceptors (Lipinski definition) is 2. The van der Waals surface area contributed by atoms with Gasteiger partial charge in [-0.3, -0.25) is 0 Å². The Bertz CT molecular complexity index is 371. The first kappa shape index (κ1) is 13.6. The van der Waals surface area contributed by atoms with E-state index in [0.29, 0.717) is 0 Å². The second-order valence-corrected chi connectivity index (χ2v) is 6.77. The van der Waals surface area contributed by atoms with Crippen LogP contribution in [0.4, 0.5) is 0 Å². The Morgan fingerprint density at radius 3 is 2.22 bits per heavy atom. The Balaban J connectivity index is 1.99. The molecule has 0 aromatic heterocycles. The molecular formula is C16H24O2. The minimum atomic E-state index is -0.106. The summed E-state index contributed by atoms with van der Waals surface area (Å²) in [5, 5.41) is 0. The van der Waals surface area contributed by atoms with Gasteiger partial charge in [-0.2, -0.15) is 0 Å². The molecule has 0 saturated carbocycles. The van der Waals surface area contributed by atoms with Crippen LogP contribution in [0.2, 0.25) is 0 Å². The van der Waals surface area contributed by atoms with E-state index in [1.807, 2.05) is 6.07 Å². The fourth-order valence-corrected chi connectivity index (χ4v) is 2.35. The Morgan fingerprint density at radius 2 is 1.67 bits per heavy atom. The van der Waals surface area contributed by atoms with Crippen LogP contribution in [-0.2, 0) is 15.9 Å². The first-order valence-corrected chi connectivity index (χ1v) is 6.66. The van der Waals surface area contributed by atoms with E-state index in [2.05, 4.69) is 52.0 Å². The lowest BCUT2D eigenvalue weighted by atomic mass is 9.84. The van der Waals surface area contributed by atoms with Crippen LogP contribution in [0.1, 0.15) is 33.3 Å². The summed E-state index contributed by atoms with van der Waals surface area (Å²) in [6.45, 7) is 10.3. The highest BCUT2D eigenvalue weighted by Crippen LogP contribution is 2.34. The summed E-state index contributed by atoms with van der Waals surface area (Å²) >= 11 is 0. The fraction of sp³-hybridized carbons (Fsp3) is 0.625. The molecule has 1 aromatic carbocycles. The van der Waals surface area contributed by atoms with Crippen molar-refractivity contribution in [1.82, 2.24) is 0 Å². The molecule has 0 unspecified atom stereocenters. The van der Waals surface area contributed by atoms with Gasteiger partial charge in [0.1, 0.15) is 0 Å². The first-order valence-electron chi connectivity index (χ1n) is 6.66. The van der Waals surface area contributed by atoms with Gasteiger partial charge in [-0.1, -0.05) is 58.0 Å². The summed E-state index contributed by atoms with van der Waals surface area (Å²) in [4.78, 5) is 0. The lowest BCUT2D eigenvalue weighted by molar-refractivity contribution is -0.262. The number of benzene rings is 1. The Kier molecular flexibility index (Phi) is 3.79. The molecule has 1 aromatic rings. The topological polar surface area (TPSA) is 18.5 Å². The monoisotopic (exact) mass is 248 g/mol. The van der Waals surface area contributed by atoms with Crippen LogP contribution in [0.15, 0.2) is 30.3 Å². The van der Waals surface area contributed by atoms with Crippen LogP contribution in [0.3, 0.4) is 0 Å². The maximum absolute atomic E-state index is 5.91. The Hall–Kier alpha value is -0.860. The molecule has 1 aliphatic rings. The van der Waals surface area contributed by atoms with Crippen molar-refractivity contribution in [3.63, 3.8) is 0 Å². The third-order valence-corrected chi connectivity index (χ3v) is 3.39. The number of hydrogen-bond donors (Lipinski definition) is 0. The molecule has 0 atom stereocenters. The van der Waals surface area contributed by atoms with Crippen molar-refractivity contribution < 1.29 is 9.47 Å². The van der Waals surface area contributed by atoms with E-state index < -0.39 is 0 Å². The average Bonchev–Trinajstić information content (AvgIpc) is 2.29. The highest BCUT2D eigenvalue weighted by atomic mass is 16.7. The van der Waals surface area contributed by atoms with Gasteiger partial charge in [0.15, 0.2) is 6.29 Å². The van der Waals surface area contributed by atoms with Crippen molar-refractivity contribution in [1.29, 1.82) is 0 Å². The average molecular weight is 248 g/mol. The van der Waals surface area contributed by atoms with Crippen molar-refractivity contribution in [3.8, 4) is 0 Å². The lowest BCUT2D eigenvalue weighted by Crippen LogP contribution is -2.45. The molecule has 0 amide bonds. The van der Waals surface area contributed by atoms with Gasteiger partial charge in [0.25, 0.3) is 0 Å². The van der Waals surface area contributed by atoms with E-state index in [1.54, 1.807) is 0 Å². The van der Waals surface area contributed by atoms with Gasteiger partial charge in [0.2, 0.25) is 0 Å². The van der Waals surface area contributed by atoms with Gasteiger partial charge in [0.05, 0.1) is 13.2 Å². The first-order chi connectivity index (χ1) is 8.39. The van der Waals surface area contributed by atoms with Crippen molar-refractivity contribution >= 4 is 0 Å². The van der Waals surface area contributed by atoms with Crippen molar-refractivity contribution in [2.24, 2.45) is 10.8 Å². The second-order valence-electron chi connectivity index (χ2n) is 6.77. The maximum atomic E-state index is 5.91. The van der Waals surface area contributed by atoms with Crippen molar-refractivity contribution in [2.45, 2.75) is 40.4 Å². The summed E-state index contributed by atoms with van der Waals surface area (Å²) in [5.74, 6) is 0. The molecule has 2 rings (SSSR count). The molecule has 2 heteroatoms. The molecule has 0 spiro atoms. The zero-order chi connectivity index (χ0) is 13.2. The Labute approximate surface area is 110 Å². The van der Waals surface area contributed by atoms with Gasteiger partial charge in [0, 0.05) is 10.8 Å². The summed E-state index contributed by atoms with van der Waals surface area (Å²) in [6.07, 6.45) is 0.865. The predicted octanol–water partition coefficient (Wildman–Crippen LogP) is 3.65. The van der Waals surface area contributed by atoms with Crippen LogP contribution in [0, 0.1) is 10.8 Å². The quantitative estimate of drug-likeness (QED) is 0.813. The van der Waals surface area contributed by atoms with Gasteiger partial charge in [-0.25, -0.2) is 0 Å². The molecule has 0 radical (unpaired) electrons. The second kappa shape index (κ2) is 5.02. The van der Waals surface area contributed by atoms with Gasteiger partial charge in [-0.15, -0.1) is 0 Å². The Morgan fingerprint density at radius 1 is 1.11 bits per heavy atom. The van der Waals surface area contributed by atoms with Gasteiger partial charge >= 0.3 is 0 Å². The summed E-state index contributed by atoms with van der Waals surface area (Å²) in [7, 11) is 0. The molecule has 2 nitrogen and oxygen atoms in total. The summed E-state index contributed by atoms with van der Waals surface area (Å²) in [6, 6.07) is 10.5. The summed E-state index contributed by atoms with van der Waals surface area (Å²) < 4.78 is 11.8.